The van der Waals surface area contributed by atoms with E-state index in [2.05, 4.69) is 22.5 Å². The van der Waals surface area contributed by atoms with E-state index >= 15 is 0 Å². The number of azo groups is 1. The number of hydrogen-bond acceptors (Lipinski definition) is 4. The molecule has 0 fully saturated rings. The van der Waals surface area contributed by atoms with E-state index in [0.717, 1.165) is 18.9 Å². The van der Waals surface area contributed by atoms with Crippen molar-refractivity contribution in [3.8, 4) is 0 Å². The third-order valence-electron chi connectivity index (χ3n) is 5.05. The number of rotatable bonds is 7. The van der Waals surface area contributed by atoms with Gasteiger partial charge in [0.15, 0.2) is 6.04 Å². The Bertz CT molecular complexity index is 987. The molecule has 1 heterocycles. The Morgan fingerprint density at radius 1 is 1.13 bits per heavy atom. The van der Waals surface area contributed by atoms with E-state index in [9.17, 15) is 22.8 Å². The van der Waals surface area contributed by atoms with Crippen LogP contribution in [0.3, 0.4) is 0 Å². The van der Waals surface area contributed by atoms with Crippen LogP contribution in [0, 0.1) is 0 Å². The van der Waals surface area contributed by atoms with Crippen molar-refractivity contribution in [2.75, 3.05) is 18.4 Å². The van der Waals surface area contributed by atoms with Gasteiger partial charge in [-0.05, 0) is 43.7 Å². The Hall–Kier alpha value is -3.23. The van der Waals surface area contributed by atoms with Crippen LogP contribution < -0.4 is 5.32 Å². The maximum Gasteiger partial charge on any atom is 0.418 e. The zero-order valence-corrected chi connectivity index (χ0v) is 17.2. The second kappa shape index (κ2) is 9.28. The van der Waals surface area contributed by atoms with Crippen molar-refractivity contribution >= 4 is 23.2 Å². The summed E-state index contributed by atoms with van der Waals surface area (Å²) >= 11 is 0. The molecule has 0 aromatic heterocycles. The van der Waals surface area contributed by atoms with E-state index in [-0.39, 0.29) is 17.2 Å². The molecule has 3 rings (SSSR count). The Morgan fingerprint density at radius 2 is 1.84 bits per heavy atom. The topological polar surface area (TPSA) is 74.1 Å². The Balaban J connectivity index is 1.77. The van der Waals surface area contributed by atoms with Gasteiger partial charge in [-0.15, -0.1) is 0 Å². The highest BCUT2D eigenvalue weighted by molar-refractivity contribution is 6.03. The lowest BCUT2D eigenvalue weighted by molar-refractivity contribution is -0.136. The number of carbonyl (C=O) groups excluding carboxylic acids is 2. The second-order valence-electron chi connectivity index (χ2n) is 7.16. The fourth-order valence-corrected chi connectivity index (χ4v) is 3.35. The summed E-state index contributed by atoms with van der Waals surface area (Å²) < 4.78 is 39.5. The number of amides is 2. The summed E-state index contributed by atoms with van der Waals surface area (Å²) in [5.74, 6) is -0.750. The van der Waals surface area contributed by atoms with Gasteiger partial charge in [0.1, 0.15) is 0 Å². The van der Waals surface area contributed by atoms with Crippen LogP contribution >= 0.6 is 0 Å². The molecule has 0 radical (unpaired) electrons. The number of hydrogen-bond donors (Lipinski definition) is 1. The van der Waals surface area contributed by atoms with Gasteiger partial charge in [0.2, 0.25) is 0 Å². The predicted octanol–water partition coefficient (Wildman–Crippen LogP) is 5.74. The van der Waals surface area contributed by atoms with Gasteiger partial charge in [0, 0.05) is 24.2 Å². The highest BCUT2D eigenvalue weighted by Crippen LogP contribution is 2.43. The number of nitrogens with zero attached hydrogens (tertiary/aromatic N) is 3. The molecule has 6 nitrogen and oxygen atoms in total. The number of anilines is 1. The third kappa shape index (κ3) is 4.92. The van der Waals surface area contributed by atoms with Gasteiger partial charge in [-0.1, -0.05) is 25.5 Å². The zero-order chi connectivity index (χ0) is 22.6. The number of para-hydroxylation sites is 1. The lowest BCUT2D eigenvalue weighted by atomic mass is 10.0. The van der Waals surface area contributed by atoms with Gasteiger partial charge in [0.25, 0.3) is 11.8 Å². The number of nitrogens with one attached hydrogen (secondary N) is 1. The smallest absolute Gasteiger partial charge is 0.339 e. The Morgan fingerprint density at radius 3 is 2.45 bits per heavy atom. The van der Waals surface area contributed by atoms with Crippen LogP contribution in [-0.4, -0.2) is 29.8 Å². The van der Waals surface area contributed by atoms with E-state index in [1.807, 2.05) is 6.92 Å². The highest BCUT2D eigenvalue weighted by Gasteiger charge is 2.40. The molecule has 1 N–H and O–H groups in total. The van der Waals surface area contributed by atoms with Crippen LogP contribution in [-0.2, 0) is 11.0 Å². The Labute approximate surface area is 178 Å². The van der Waals surface area contributed by atoms with Crippen LogP contribution in [0.1, 0.15) is 54.2 Å². The number of carbonyl (C=O) groups is 2. The lowest BCUT2D eigenvalue weighted by Crippen LogP contribution is -2.31. The summed E-state index contributed by atoms with van der Waals surface area (Å²) in [6.07, 6.45) is -2.67. The monoisotopic (exact) mass is 432 g/mol. The first-order valence-corrected chi connectivity index (χ1v) is 10.1. The van der Waals surface area contributed by atoms with Gasteiger partial charge in [0.05, 0.1) is 16.9 Å². The standard InChI is InChI=1S/C22H23F3N4O2/c1-3-5-13-29(4-2)21(31)14-9-11-15(12-10-14)27-28-19-16-7-6-8-17(22(23,24)25)18(16)26-20(19)30/h6-12,19H,3-5,13H2,1-2H3,(H,26,30)/t19-/m1/s1. The van der Waals surface area contributed by atoms with Gasteiger partial charge in [-0.25, -0.2) is 0 Å². The molecule has 2 amide bonds. The van der Waals surface area contributed by atoms with Gasteiger partial charge in [-0.3, -0.25) is 9.59 Å². The molecular weight excluding hydrogens is 409 g/mol. The molecular formula is C22H23F3N4O2. The third-order valence-corrected chi connectivity index (χ3v) is 5.05. The quantitative estimate of drug-likeness (QED) is 0.566. The first kappa shape index (κ1) is 22.5. The summed E-state index contributed by atoms with van der Waals surface area (Å²) in [5, 5.41) is 10.2. The molecule has 0 aliphatic carbocycles. The van der Waals surface area contributed by atoms with E-state index in [1.54, 1.807) is 29.2 Å². The molecule has 31 heavy (non-hydrogen) atoms. The van der Waals surface area contributed by atoms with Crippen LogP contribution in [0.15, 0.2) is 52.7 Å². The van der Waals surface area contributed by atoms with Crippen LogP contribution in [0.2, 0.25) is 0 Å². The number of halogens is 3. The normalized spacial score (nSPS) is 15.8. The first-order chi connectivity index (χ1) is 14.8. The predicted molar refractivity (Wildman–Crippen MR) is 110 cm³/mol. The van der Waals surface area contributed by atoms with E-state index < -0.39 is 23.7 Å². The molecule has 0 unspecified atom stereocenters. The van der Waals surface area contributed by atoms with Crippen molar-refractivity contribution in [2.45, 2.75) is 38.9 Å². The van der Waals surface area contributed by atoms with Gasteiger partial charge in [-0.2, -0.15) is 23.4 Å². The molecule has 2 aromatic rings. The largest absolute Gasteiger partial charge is 0.418 e. The summed E-state index contributed by atoms with van der Waals surface area (Å²) in [7, 11) is 0. The maximum atomic E-state index is 13.2. The number of alkyl halides is 3. The lowest BCUT2D eigenvalue weighted by Gasteiger charge is -2.20. The van der Waals surface area contributed by atoms with Gasteiger partial charge < -0.3 is 10.2 Å². The van der Waals surface area contributed by atoms with Crippen molar-refractivity contribution in [1.82, 2.24) is 4.90 Å². The fourth-order valence-electron chi connectivity index (χ4n) is 3.35. The molecule has 2 aromatic carbocycles. The second-order valence-corrected chi connectivity index (χ2v) is 7.16. The van der Waals surface area contributed by atoms with Crippen molar-refractivity contribution in [2.24, 2.45) is 10.2 Å². The summed E-state index contributed by atoms with van der Waals surface area (Å²) in [6, 6.07) is 8.82. The Kier molecular flexibility index (Phi) is 6.72. The molecule has 0 bridgehead atoms. The van der Waals surface area contributed by atoms with E-state index in [4.69, 9.17) is 0 Å². The van der Waals surface area contributed by atoms with Crippen LogP contribution in [0.25, 0.3) is 0 Å². The summed E-state index contributed by atoms with van der Waals surface area (Å²) in [5.41, 5.74) is -0.166. The van der Waals surface area contributed by atoms with Crippen molar-refractivity contribution in [3.05, 3.63) is 59.2 Å². The first-order valence-electron chi connectivity index (χ1n) is 10.1. The maximum absolute atomic E-state index is 13.2. The molecule has 1 atom stereocenters. The SMILES string of the molecule is CCCCN(CC)C(=O)c1ccc(N=N[C@H]2C(=O)Nc3c2cccc3C(F)(F)F)cc1. The number of fused-ring (bicyclic) bond motifs is 1. The van der Waals surface area contributed by atoms with Crippen LogP contribution in [0.5, 0.6) is 0 Å². The minimum absolute atomic E-state index is 0.0804. The fraction of sp³-hybridized carbons (Fsp3) is 0.364. The molecule has 1 aliphatic heterocycles. The minimum atomic E-state index is -4.59. The molecule has 1 aliphatic rings. The van der Waals surface area contributed by atoms with Gasteiger partial charge >= 0.3 is 6.18 Å². The van der Waals surface area contributed by atoms with E-state index in [1.165, 1.54) is 12.1 Å². The highest BCUT2D eigenvalue weighted by atomic mass is 19.4. The van der Waals surface area contributed by atoms with E-state index in [0.29, 0.717) is 24.3 Å². The molecule has 0 saturated carbocycles. The summed E-state index contributed by atoms with van der Waals surface area (Å²) in [4.78, 5) is 26.5. The van der Waals surface area contributed by atoms with Crippen molar-refractivity contribution < 1.29 is 22.8 Å². The molecule has 0 saturated heterocycles. The number of benzene rings is 2. The average Bonchev–Trinajstić information content (AvgIpc) is 3.07. The van der Waals surface area contributed by atoms with Crippen molar-refractivity contribution in [1.29, 1.82) is 0 Å². The average molecular weight is 432 g/mol. The minimum Gasteiger partial charge on any atom is -0.339 e. The zero-order valence-electron chi connectivity index (χ0n) is 17.2. The molecule has 0 spiro atoms. The molecule has 9 heteroatoms. The number of unbranched alkanes of at least 4 members (excludes halogenated alkanes) is 1. The van der Waals surface area contributed by atoms with Crippen molar-refractivity contribution in [3.63, 3.8) is 0 Å². The molecule has 164 valence electrons. The summed E-state index contributed by atoms with van der Waals surface area (Å²) in [6.45, 7) is 5.27. The van der Waals surface area contributed by atoms with Crippen LogP contribution in [0.4, 0.5) is 24.5 Å².